The van der Waals surface area contributed by atoms with Gasteiger partial charge in [0.2, 0.25) is 0 Å². The number of hydrogen-bond donors (Lipinski definition) is 1. The van der Waals surface area contributed by atoms with Crippen molar-refractivity contribution in [1.82, 2.24) is 0 Å². The van der Waals surface area contributed by atoms with E-state index < -0.39 is 5.97 Å². The largest absolute Gasteiger partial charge is 0.481 e. The second kappa shape index (κ2) is 28.3. The predicted octanol–water partition coefficient (Wildman–Crippen LogP) is 10.3. The molecule has 4 heteroatoms. The zero-order chi connectivity index (χ0) is 26.5. The van der Waals surface area contributed by atoms with E-state index in [-0.39, 0.29) is 18.5 Å². The molecule has 1 N–H and O–H groups in total. The first-order valence-corrected chi connectivity index (χ1v) is 15.7. The molecule has 0 saturated heterocycles. The van der Waals surface area contributed by atoms with Crippen molar-refractivity contribution in [3.05, 3.63) is 12.2 Å². The number of allylic oxidation sites excluding steroid dienone is 2. The molecule has 0 aliphatic carbocycles. The van der Waals surface area contributed by atoms with Gasteiger partial charge in [0.05, 0.1) is 0 Å². The van der Waals surface area contributed by atoms with Crippen molar-refractivity contribution in [2.24, 2.45) is 0 Å². The standard InChI is InChI=1S/C32H60O4/c1-3-5-7-9-11-13-15-17-18-20-22-24-26-30(28-29-31(33)34)36-32(35)27-25-23-21-19-16-14-12-10-8-6-4-2/h10,12,30H,3-9,11,13-29H2,1-2H3,(H,33,34)/b12-10-. The average Bonchev–Trinajstić information content (AvgIpc) is 2.86. The molecule has 1 unspecified atom stereocenters. The third-order valence-corrected chi connectivity index (χ3v) is 7.00. The molecule has 212 valence electrons. The Morgan fingerprint density at radius 3 is 1.61 bits per heavy atom. The first kappa shape index (κ1) is 34.7. The molecule has 0 aromatic carbocycles. The van der Waals surface area contributed by atoms with Crippen LogP contribution in [0.4, 0.5) is 0 Å². The fraction of sp³-hybridized carbons (Fsp3) is 0.875. The molecule has 0 amide bonds. The van der Waals surface area contributed by atoms with Gasteiger partial charge in [-0.25, -0.2) is 0 Å². The van der Waals surface area contributed by atoms with Crippen molar-refractivity contribution >= 4 is 11.9 Å². The lowest BCUT2D eigenvalue weighted by Crippen LogP contribution is -2.19. The summed E-state index contributed by atoms with van der Waals surface area (Å²) in [5.41, 5.74) is 0. The molecular formula is C32H60O4. The lowest BCUT2D eigenvalue weighted by molar-refractivity contribution is -0.151. The maximum Gasteiger partial charge on any atom is 0.306 e. The first-order valence-electron chi connectivity index (χ1n) is 15.7. The smallest absolute Gasteiger partial charge is 0.306 e. The van der Waals surface area contributed by atoms with Crippen LogP contribution in [0.15, 0.2) is 12.2 Å². The van der Waals surface area contributed by atoms with Crippen molar-refractivity contribution in [3.63, 3.8) is 0 Å². The Morgan fingerprint density at radius 1 is 0.583 bits per heavy atom. The van der Waals surface area contributed by atoms with E-state index in [9.17, 15) is 9.59 Å². The van der Waals surface area contributed by atoms with Gasteiger partial charge in [0.1, 0.15) is 6.10 Å². The van der Waals surface area contributed by atoms with Crippen molar-refractivity contribution in [3.8, 4) is 0 Å². The molecule has 0 fully saturated rings. The van der Waals surface area contributed by atoms with Gasteiger partial charge >= 0.3 is 11.9 Å². The Balaban J connectivity index is 3.81. The van der Waals surface area contributed by atoms with Crippen LogP contribution in [0, 0.1) is 0 Å². The number of hydrogen-bond acceptors (Lipinski definition) is 3. The van der Waals surface area contributed by atoms with E-state index in [0.717, 1.165) is 44.9 Å². The second-order valence-electron chi connectivity index (χ2n) is 10.6. The summed E-state index contributed by atoms with van der Waals surface area (Å²) in [5.74, 6) is -0.964. The quantitative estimate of drug-likeness (QED) is 0.0648. The fourth-order valence-electron chi connectivity index (χ4n) is 4.62. The van der Waals surface area contributed by atoms with Crippen LogP contribution in [0.5, 0.6) is 0 Å². The highest BCUT2D eigenvalue weighted by Gasteiger charge is 2.15. The van der Waals surface area contributed by atoms with Crippen LogP contribution in [-0.2, 0) is 14.3 Å². The lowest BCUT2D eigenvalue weighted by atomic mass is 10.0. The summed E-state index contributed by atoms with van der Waals surface area (Å²) < 4.78 is 5.68. The van der Waals surface area contributed by atoms with E-state index in [1.807, 2.05) is 0 Å². The third-order valence-electron chi connectivity index (χ3n) is 7.00. The molecule has 0 aliphatic rings. The molecule has 0 aromatic rings. The minimum absolute atomic E-state index is 0.0725. The maximum atomic E-state index is 12.3. The molecule has 0 heterocycles. The van der Waals surface area contributed by atoms with Crippen molar-refractivity contribution in [2.45, 2.75) is 180 Å². The Hall–Kier alpha value is -1.32. The first-order chi connectivity index (χ1) is 17.6. The van der Waals surface area contributed by atoms with Crippen LogP contribution in [0.25, 0.3) is 0 Å². The molecular weight excluding hydrogens is 448 g/mol. The number of unbranched alkanes of at least 4 members (excludes halogenated alkanes) is 18. The minimum Gasteiger partial charge on any atom is -0.481 e. The van der Waals surface area contributed by atoms with Gasteiger partial charge in [-0.2, -0.15) is 0 Å². The van der Waals surface area contributed by atoms with Crippen LogP contribution in [0.3, 0.4) is 0 Å². The summed E-state index contributed by atoms with van der Waals surface area (Å²) in [4.78, 5) is 23.3. The van der Waals surface area contributed by atoms with E-state index in [2.05, 4.69) is 26.0 Å². The summed E-state index contributed by atoms with van der Waals surface area (Å²) >= 11 is 0. The van der Waals surface area contributed by atoms with Gasteiger partial charge in [-0.1, -0.05) is 129 Å². The minimum atomic E-state index is -0.814. The van der Waals surface area contributed by atoms with Crippen LogP contribution >= 0.6 is 0 Å². The summed E-state index contributed by atoms with van der Waals surface area (Å²) in [6.45, 7) is 4.48. The number of ether oxygens (including phenoxy) is 1. The van der Waals surface area contributed by atoms with Gasteiger partial charge in [0.25, 0.3) is 0 Å². The van der Waals surface area contributed by atoms with Crippen LogP contribution in [0.1, 0.15) is 174 Å². The van der Waals surface area contributed by atoms with Crippen LogP contribution in [-0.4, -0.2) is 23.1 Å². The summed E-state index contributed by atoms with van der Waals surface area (Å²) in [5, 5.41) is 9.04. The highest BCUT2D eigenvalue weighted by Crippen LogP contribution is 2.17. The number of rotatable bonds is 28. The van der Waals surface area contributed by atoms with Gasteiger partial charge < -0.3 is 9.84 Å². The number of carboxylic acids is 1. The molecule has 0 bridgehead atoms. The predicted molar refractivity (Wildman–Crippen MR) is 153 cm³/mol. The van der Waals surface area contributed by atoms with E-state index in [1.54, 1.807) is 0 Å². The Morgan fingerprint density at radius 2 is 1.06 bits per heavy atom. The normalized spacial score (nSPS) is 12.3. The molecule has 0 spiro atoms. The highest BCUT2D eigenvalue weighted by molar-refractivity contribution is 5.69. The average molecular weight is 509 g/mol. The van der Waals surface area contributed by atoms with Crippen LogP contribution in [0.2, 0.25) is 0 Å². The van der Waals surface area contributed by atoms with Crippen LogP contribution < -0.4 is 0 Å². The zero-order valence-electron chi connectivity index (χ0n) is 24.1. The molecule has 36 heavy (non-hydrogen) atoms. The van der Waals surface area contributed by atoms with E-state index in [4.69, 9.17) is 9.84 Å². The Kier molecular flexibility index (Phi) is 27.2. The van der Waals surface area contributed by atoms with Gasteiger partial charge in [0.15, 0.2) is 0 Å². The van der Waals surface area contributed by atoms with Gasteiger partial charge in [-0.3, -0.25) is 9.59 Å². The van der Waals surface area contributed by atoms with Gasteiger partial charge in [-0.05, 0) is 44.9 Å². The van der Waals surface area contributed by atoms with Gasteiger partial charge in [0, 0.05) is 12.8 Å². The number of carbonyl (C=O) groups excluding carboxylic acids is 1. The molecule has 1 atom stereocenters. The molecule has 0 rings (SSSR count). The van der Waals surface area contributed by atoms with Crippen molar-refractivity contribution < 1.29 is 19.4 Å². The molecule has 0 saturated carbocycles. The van der Waals surface area contributed by atoms with Crippen molar-refractivity contribution in [2.75, 3.05) is 0 Å². The molecule has 0 aliphatic heterocycles. The zero-order valence-corrected chi connectivity index (χ0v) is 24.1. The Labute approximate surface area is 224 Å². The topological polar surface area (TPSA) is 63.6 Å². The molecule has 0 radical (unpaired) electrons. The monoisotopic (exact) mass is 508 g/mol. The Bertz CT molecular complexity index is 514. The summed E-state index contributed by atoms with van der Waals surface area (Å²) in [7, 11) is 0. The molecule has 4 nitrogen and oxygen atoms in total. The van der Waals surface area contributed by atoms with E-state index >= 15 is 0 Å². The lowest BCUT2D eigenvalue weighted by Gasteiger charge is -2.17. The van der Waals surface area contributed by atoms with E-state index in [1.165, 1.54) is 96.3 Å². The van der Waals surface area contributed by atoms with Crippen molar-refractivity contribution in [1.29, 1.82) is 0 Å². The van der Waals surface area contributed by atoms with Gasteiger partial charge in [-0.15, -0.1) is 0 Å². The SMILES string of the molecule is CCCC/C=C\CCCCCCCC(=O)OC(CCCCCCCCCCCCCC)CCC(=O)O. The number of aliphatic carboxylic acids is 1. The second-order valence-corrected chi connectivity index (χ2v) is 10.6. The third kappa shape index (κ3) is 27.3. The maximum absolute atomic E-state index is 12.3. The number of esters is 1. The van der Waals surface area contributed by atoms with E-state index in [0.29, 0.717) is 12.8 Å². The number of carboxylic acid groups (broad SMARTS) is 1. The summed E-state index contributed by atoms with van der Waals surface area (Å²) in [6.07, 6.45) is 32.1. The fourth-order valence-corrected chi connectivity index (χ4v) is 4.62. The summed E-state index contributed by atoms with van der Waals surface area (Å²) in [6, 6.07) is 0. The highest BCUT2D eigenvalue weighted by atomic mass is 16.5. The number of carbonyl (C=O) groups is 2. The molecule has 0 aromatic heterocycles.